The number of rotatable bonds is 5. The molecule has 1 rings (SSSR count). The summed E-state index contributed by atoms with van der Waals surface area (Å²) in [6.45, 7) is 3.66. The Kier molecular flexibility index (Phi) is 5.19. The van der Waals surface area contributed by atoms with Gasteiger partial charge in [-0.2, -0.15) is 13.2 Å². The predicted molar refractivity (Wildman–Crippen MR) is 63.9 cm³/mol. The number of benzene rings is 1. The minimum Gasteiger partial charge on any atom is -0.326 e. The van der Waals surface area contributed by atoms with Crippen LogP contribution in [0.3, 0.4) is 0 Å². The molecule has 1 amide bonds. The van der Waals surface area contributed by atoms with Gasteiger partial charge in [0.1, 0.15) is 0 Å². The quantitative estimate of drug-likeness (QED) is 0.793. The van der Waals surface area contributed by atoms with E-state index in [1.54, 1.807) is 0 Å². The van der Waals surface area contributed by atoms with E-state index in [9.17, 15) is 18.0 Å². The Morgan fingerprint density at radius 1 is 1.17 bits per heavy atom. The summed E-state index contributed by atoms with van der Waals surface area (Å²) >= 11 is 0. The van der Waals surface area contributed by atoms with E-state index < -0.39 is 11.7 Å². The maximum Gasteiger partial charge on any atom is 0.416 e. The third kappa shape index (κ3) is 4.77. The maximum absolute atomic E-state index is 12.3. The van der Waals surface area contributed by atoms with Gasteiger partial charge in [-0.3, -0.25) is 4.79 Å². The molecule has 0 unspecified atom stereocenters. The molecule has 0 bridgehead atoms. The molecular formula is C13H15F3NO. The summed E-state index contributed by atoms with van der Waals surface area (Å²) in [5.41, 5.74) is -0.347. The summed E-state index contributed by atoms with van der Waals surface area (Å²) in [6.07, 6.45) is -1.63. The van der Waals surface area contributed by atoms with Crippen molar-refractivity contribution in [3.05, 3.63) is 36.8 Å². The highest BCUT2D eigenvalue weighted by Gasteiger charge is 2.29. The fourth-order valence-corrected chi connectivity index (χ4v) is 1.43. The van der Waals surface area contributed by atoms with Crippen LogP contribution in [0, 0.1) is 6.92 Å². The molecular weight excluding hydrogens is 243 g/mol. The number of carbonyl (C=O) groups excluding carboxylic acids is 1. The number of carbonyl (C=O) groups is 1. The molecule has 1 aromatic rings. The zero-order chi connectivity index (χ0) is 13.6. The topological polar surface area (TPSA) is 29.1 Å². The van der Waals surface area contributed by atoms with Crippen LogP contribution in [0.2, 0.25) is 0 Å². The molecule has 0 spiro atoms. The zero-order valence-corrected chi connectivity index (χ0v) is 9.89. The van der Waals surface area contributed by atoms with Gasteiger partial charge < -0.3 is 5.32 Å². The SMILES string of the molecule is [CH2]CCCCC(=O)Nc1ccc(C(F)(F)F)cc1. The van der Waals surface area contributed by atoms with Gasteiger partial charge in [-0.05, 0) is 30.7 Å². The van der Waals surface area contributed by atoms with E-state index in [0.717, 1.165) is 31.4 Å². The second-order valence-electron chi connectivity index (χ2n) is 3.93. The van der Waals surface area contributed by atoms with Crippen LogP contribution >= 0.6 is 0 Å². The molecule has 0 atom stereocenters. The summed E-state index contributed by atoms with van der Waals surface area (Å²) in [5.74, 6) is -0.191. The molecule has 1 radical (unpaired) electrons. The van der Waals surface area contributed by atoms with Gasteiger partial charge in [0.25, 0.3) is 0 Å². The van der Waals surface area contributed by atoms with Crippen molar-refractivity contribution in [2.24, 2.45) is 0 Å². The number of alkyl halides is 3. The molecule has 1 aromatic carbocycles. The number of amides is 1. The molecule has 0 saturated heterocycles. The maximum atomic E-state index is 12.3. The molecule has 0 aliphatic carbocycles. The van der Waals surface area contributed by atoms with Gasteiger partial charge in [-0.1, -0.05) is 19.8 Å². The fraction of sp³-hybridized carbons (Fsp3) is 0.385. The van der Waals surface area contributed by atoms with Crippen LogP contribution in [-0.2, 0) is 11.0 Å². The van der Waals surface area contributed by atoms with Crippen molar-refractivity contribution >= 4 is 11.6 Å². The first kappa shape index (κ1) is 14.5. The first-order valence-electron chi connectivity index (χ1n) is 5.70. The van der Waals surface area contributed by atoms with Crippen molar-refractivity contribution in [2.75, 3.05) is 5.32 Å². The number of hydrogen-bond acceptors (Lipinski definition) is 1. The third-order valence-corrected chi connectivity index (χ3v) is 2.40. The fourth-order valence-electron chi connectivity index (χ4n) is 1.43. The molecule has 0 fully saturated rings. The largest absolute Gasteiger partial charge is 0.416 e. The number of unbranched alkanes of at least 4 members (excludes halogenated alkanes) is 2. The van der Waals surface area contributed by atoms with Gasteiger partial charge in [-0.25, -0.2) is 0 Å². The first-order valence-corrected chi connectivity index (χ1v) is 5.70. The minimum atomic E-state index is -4.35. The van der Waals surface area contributed by atoms with Crippen molar-refractivity contribution in [1.29, 1.82) is 0 Å². The molecule has 99 valence electrons. The van der Waals surface area contributed by atoms with Crippen LogP contribution in [0.5, 0.6) is 0 Å². The van der Waals surface area contributed by atoms with Gasteiger partial charge in [-0.15, -0.1) is 0 Å². The second-order valence-corrected chi connectivity index (χ2v) is 3.93. The van der Waals surface area contributed by atoms with Gasteiger partial charge in [0.2, 0.25) is 5.91 Å². The molecule has 0 aromatic heterocycles. The number of anilines is 1. The molecule has 5 heteroatoms. The Morgan fingerprint density at radius 2 is 1.78 bits per heavy atom. The van der Waals surface area contributed by atoms with Crippen molar-refractivity contribution in [1.82, 2.24) is 0 Å². The molecule has 0 aliphatic rings. The van der Waals surface area contributed by atoms with Crippen LogP contribution in [-0.4, -0.2) is 5.91 Å². The molecule has 1 N–H and O–H groups in total. The molecule has 2 nitrogen and oxygen atoms in total. The lowest BCUT2D eigenvalue weighted by atomic mass is 10.2. The summed E-state index contributed by atoms with van der Waals surface area (Å²) < 4.78 is 36.9. The Bertz CT molecular complexity index is 384. The zero-order valence-electron chi connectivity index (χ0n) is 9.89. The standard InChI is InChI=1S/C13H15F3NO/c1-2-3-4-5-12(18)17-11-8-6-10(7-9-11)13(14,15)16/h6-9H,1-5H2,(H,17,18). The van der Waals surface area contributed by atoms with E-state index in [1.807, 2.05) is 0 Å². The average Bonchev–Trinajstić information content (AvgIpc) is 2.29. The first-order chi connectivity index (χ1) is 8.43. The van der Waals surface area contributed by atoms with E-state index in [-0.39, 0.29) is 5.91 Å². The highest BCUT2D eigenvalue weighted by atomic mass is 19.4. The predicted octanol–water partition coefficient (Wildman–Crippen LogP) is 4.04. The monoisotopic (exact) mass is 258 g/mol. The van der Waals surface area contributed by atoms with Crippen LogP contribution in [0.15, 0.2) is 24.3 Å². The van der Waals surface area contributed by atoms with Crippen molar-refractivity contribution in [3.63, 3.8) is 0 Å². The Morgan fingerprint density at radius 3 is 2.28 bits per heavy atom. The van der Waals surface area contributed by atoms with Gasteiger partial charge in [0.05, 0.1) is 5.56 Å². The highest BCUT2D eigenvalue weighted by molar-refractivity contribution is 5.90. The lowest BCUT2D eigenvalue weighted by Gasteiger charge is -2.08. The van der Waals surface area contributed by atoms with Crippen LogP contribution in [0.4, 0.5) is 18.9 Å². The van der Waals surface area contributed by atoms with E-state index >= 15 is 0 Å². The minimum absolute atomic E-state index is 0.191. The Balaban J connectivity index is 2.51. The summed E-state index contributed by atoms with van der Waals surface area (Å²) in [4.78, 5) is 11.4. The van der Waals surface area contributed by atoms with Gasteiger partial charge in [0, 0.05) is 12.1 Å². The van der Waals surface area contributed by atoms with Crippen molar-refractivity contribution in [2.45, 2.75) is 31.9 Å². The van der Waals surface area contributed by atoms with Crippen LogP contribution < -0.4 is 5.32 Å². The highest BCUT2D eigenvalue weighted by Crippen LogP contribution is 2.29. The number of halogens is 3. The van der Waals surface area contributed by atoms with Crippen LogP contribution in [0.25, 0.3) is 0 Å². The molecule has 0 heterocycles. The average molecular weight is 258 g/mol. The summed E-state index contributed by atoms with van der Waals surface area (Å²) in [7, 11) is 0. The van der Waals surface area contributed by atoms with E-state index in [4.69, 9.17) is 0 Å². The number of hydrogen-bond donors (Lipinski definition) is 1. The van der Waals surface area contributed by atoms with Crippen LogP contribution in [0.1, 0.15) is 31.2 Å². The Hall–Kier alpha value is -1.52. The molecule has 0 saturated carbocycles. The van der Waals surface area contributed by atoms with Gasteiger partial charge >= 0.3 is 6.18 Å². The van der Waals surface area contributed by atoms with E-state index in [0.29, 0.717) is 12.1 Å². The van der Waals surface area contributed by atoms with E-state index in [2.05, 4.69) is 12.2 Å². The Labute approximate surface area is 104 Å². The summed E-state index contributed by atoms with van der Waals surface area (Å²) in [5, 5.41) is 2.55. The normalized spacial score (nSPS) is 11.3. The summed E-state index contributed by atoms with van der Waals surface area (Å²) in [6, 6.07) is 4.40. The lowest BCUT2D eigenvalue weighted by Crippen LogP contribution is -2.11. The molecule has 18 heavy (non-hydrogen) atoms. The lowest BCUT2D eigenvalue weighted by molar-refractivity contribution is -0.137. The molecule has 0 aliphatic heterocycles. The third-order valence-electron chi connectivity index (χ3n) is 2.40. The second kappa shape index (κ2) is 6.42. The number of nitrogens with one attached hydrogen (secondary N) is 1. The van der Waals surface area contributed by atoms with Crippen molar-refractivity contribution < 1.29 is 18.0 Å². The van der Waals surface area contributed by atoms with Crippen molar-refractivity contribution in [3.8, 4) is 0 Å². The van der Waals surface area contributed by atoms with E-state index in [1.165, 1.54) is 12.1 Å². The van der Waals surface area contributed by atoms with Gasteiger partial charge in [0.15, 0.2) is 0 Å². The smallest absolute Gasteiger partial charge is 0.326 e.